The van der Waals surface area contributed by atoms with E-state index in [-0.39, 0.29) is 11.4 Å². The monoisotopic (exact) mass is 241 g/mol. The maximum atomic E-state index is 13.5. The van der Waals surface area contributed by atoms with Gasteiger partial charge >= 0.3 is 0 Å². The SMILES string of the molecule is CCC1(NCc2c(F)cccc2Cl)CCC1. The summed E-state index contributed by atoms with van der Waals surface area (Å²) < 4.78 is 13.5. The lowest BCUT2D eigenvalue weighted by atomic mass is 9.75. The quantitative estimate of drug-likeness (QED) is 0.843. The van der Waals surface area contributed by atoms with E-state index in [1.807, 2.05) is 0 Å². The van der Waals surface area contributed by atoms with Gasteiger partial charge < -0.3 is 5.32 Å². The molecular weight excluding hydrogens is 225 g/mol. The van der Waals surface area contributed by atoms with E-state index < -0.39 is 0 Å². The maximum Gasteiger partial charge on any atom is 0.129 e. The van der Waals surface area contributed by atoms with Crippen LogP contribution in [0.15, 0.2) is 18.2 Å². The molecule has 1 fully saturated rings. The molecule has 3 heteroatoms. The second kappa shape index (κ2) is 4.72. The Hall–Kier alpha value is -0.600. The Balaban J connectivity index is 2.04. The van der Waals surface area contributed by atoms with Crippen LogP contribution < -0.4 is 5.32 Å². The predicted octanol–water partition coefficient (Wildman–Crippen LogP) is 3.90. The largest absolute Gasteiger partial charge is 0.307 e. The van der Waals surface area contributed by atoms with Crippen LogP contribution in [0.25, 0.3) is 0 Å². The highest BCUT2D eigenvalue weighted by molar-refractivity contribution is 6.31. The molecule has 1 aliphatic carbocycles. The van der Waals surface area contributed by atoms with Crippen LogP contribution in [-0.2, 0) is 6.54 Å². The van der Waals surface area contributed by atoms with E-state index >= 15 is 0 Å². The van der Waals surface area contributed by atoms with Gasteiger partial charge in [0.1, 0.15) is 5.82 Å². The molecule has 0 unspecified atom stereocenters. The first-order chi connectivity index (χ1) is 7.67. The summed E-state index contributed by atoms with van der Waals surface area (Å²) in [5.74, 6) is -0.217. The average Bonchev–Trinajstić information content (AvgIpc) is 2.20. The van der Waals surface area contributed by atoms with Gasteiger partial charge in [-0.05, 0) is 37.8 Å². The molecule has 0 aromatic heterocycles. The van der Waals surface area contributed by atoms with Crippen molar-refractivity contribution < 1.29 is 4.39 Å². The maximum absolute atomic E-state index is 13.5. The smallest absolute Gasteiger partial charge is 0.129 e. The molecule has 88 valence electrons. The molecule has 16 heavy (non-hydrogen) atoms. The number of rotatable bonds is 4. The summed E-state index contributed by atoms with van der Waals surface area (Å²) in [5.41, 5.74) is 0.815. The van der Waals surface area contributed by atoms with Gasteiger partial charge in [-0.3, -0.25) is 0 Å². The Kier molecular flexibility index (Phi) is 3.50. The molecule has 0 heterocycles. The zero-order valence-corrected chi connectivity index (χ0v) is 10.3. The molecule has 1 N–H and O–H groups in total. The minimum absolute atomic E-state index is 0.217. The fourth-order valence-electron chi connectivity index (χ4n) is 2.24. The fraction of sp³-hybridized carbons (Fsp3) is 0.538. The highest BCUT2D eigenvalue weighted by atomic mass is 35.5. The number of nitrogens with one attached hydrogen (secondary N) is 1. The second-order valence-electron chi connectivity index (χ2n) is 4.54. The Morgan fingerprint density at radius 2 is 2.19 bits per heavy atom. The van der Waals surface area contributed by atoms with Crippen molar-refractivity contribution in [2.24, 2.45) is 0 Å². The number of benzene rings is 1. The third kappa shape index (κ3) is 2.23. The van der Waals surface area contributed by atoms with Crippen LogP contribution in [0.2, 0.25) is 5.02 Å². The summed E-state index contributed by atoms with van der Waals surface area (Å²) in [6.45, 7) is 2.70. The minimum Gasteiger partial charge on any atom is -0.307 e. The summed E-state index contributed by atoms with van der Waals surface area (Å²) in [5, 5.41) is 3.97. The Labute approximate surface area is 101 Å². The molecule has 0 saturated heterocycles. The molecule has 0 radical (unpaired) electrons. The van der Waals surface area contributed by atoms with Crippen LogP contribution in [-0.4, -0.2) is 5.54 Å². The summed E-state index contributed by atoms with van der Waals surface area (Å²) in [7, 11) is 0. The van der Waals surface area contributed by atoms with Crippen molar-refractivity contribution in [3.8, 4) is 0 Å². The normalized spacial score (nSPS) is 18.2. The standard InChI is InChI=1S/C13H17ClFN/c1-2-13(7-4-8-13)16-9-10-11(14)5-3-6-12(10)15/h3,5-6,16H,2,4,7-9H2,1H3. The van der Waals surface area contributed by atoms with Crippen LogP contribution in [0.4, 0.5) is 4.39 Å². The van der Waals surface area contributed by atoms with Crippen molar-refractivity contribution in [2.45, 2.75) is 44.7 Å². The molecule has 1 nitrogen and oxygen atoms in total. The molecule has 0 aliphatic heterocycles. The van der Waals surface area contributed by atoms with Gasteiger partial charge in [0.05, 0.1) is 0 Å². The average molecular weight is 242 g/mol. The van der Waals surface area contributed by atoms with E-state index in [9.17, 15) is 4.39 Å². The molecule has 1 saturated carbocycles. The molecule has 0 spiro atoms. The first-order valence-electron chi connectivity index (χ1n) is 5.85. The summed E-state index contributed by atoms with van der Waals surface area (Å²) in [4.78, 5) is 0. The van der Waals surface area contributed by atoms with Crippen molar-refractivity contribution in [3.63, 3.8) is 0 Å². The lowest BCUT2D eigenvalue weighted by Gasteiger charge is -2.42. The third-order valence-electron chi connectivity index (χ3n) is 3.69. The van der Waals surface area contributed by atoms with Gasteiger partial charge in [-0.25, -0.2) is 4.39 Å². The predicted molar refractivity (Wildman–Crippen MR) is 65.1 cm³/mol. The van der Waals surface area contributed by atoms with Gasteiger partial charge in [-0.1, -0.05) is 24.6 Å². The van der Waals surface area contributed by atoms with Crippen LogP contribution in [0.5, 0.6) is 0 Å². The van der Waals surface area contributed by atoms with E-state index in [0.717, 1.165) is 6.42 Å². The van der Waals surface area contributed by atoms with Crippen molar-refractivity contribution in [1.82, 2.24) is 5.32 Å². The van der Waals surface area contributed by atoms with Gasteiger partial charge in [0.25, 0.3) is 0 Å². The summed E-state index contributed by atoms with van der Waals surface area (Å²) >= 11 is 5.98. The van der Waals surface area contributed by atoms with Crippen molar-refractivity contribution in [2.75, 3.05) is 0 Å². The molecule has 0 atom stereocenters. The molecule has 1 aromatic rings. The topological polar surface area (TPSA) is 12.0 Å². The first kappa shape index (κ1) is 11.9. The van der Waals surface area contributed by atoms with Crippen LogP contribution in [0.3, 0.4) is 0 Å². The number of hydrogen-bond donors (Lipinski definition) is 1. The van der Waals surface area contributed by atoms with E-state index in [2.05, 4.69) is 12.2 Å². The molecule has 0 bridgehead atoms. The second-order valence-corrected chi connectivity index (χ2v) is 4.95. The lowest BCUT2D eigenvalue weighted by Crippen LogP contribution is -2.50. The first-order valence-corrected chi connectivity index (χ1v) is 6.22. The third-order valence-corrected chi connectivity index (χ3v) is 4.04. The molecule has 1 aliphatic rings. The zero-order valence-electron chi connectivity index (χ0n) is 9.52. The fourth-order valence-corrected chi connectivity index (χ4v) is 2.47. The van der Waals surface area contributed by atoms with Crippen LogP contribution >= 0.6 is 11.6 Å². The van der Waals surface area contributed by atoms with E-state index in [1.165, 1.54) is 25.3 Å². The Morgan fingerprint density at radius 3 is 2.69 bits per heavy atom. The molecular formula is C13H17ClFN. The molecule has 0 amide bonds. The Bertz CT molecular complexity index is 348. The summed E-state index contributed by atoms with van der Waals surface area (Å²) in [6, 6.07) is 4.84. The van der Waals surface area contributed by atoms with E-state index in [4.69, 9.17) is 11.6 Å². The minimum atomic E-state index is -0.217. The van der Waals surface area contributed by atoms with Crippen molar-refractivity contribution in [3.05, 3.63) is 34.6 Å². The molecule has 1 aromatic carbocycles. The van der Waals surface area contributed by atoms with Gasteiger partial charge in [0.15, 0.2) is 0 Å². The van der Waals surface area contributed by atoms with E-state index in [0.29, 0.717) is 17.1 Å². The van der Waals surface area contributed by atoms with Crippen LogP contribution in [0, 0.1) is 5.82 Å². The van der Waals surface area contributed by atoms with Crippen molar-refractivity contribution >= 4 is 11.6 Å². The highest BCUT2D eigenvalue weighted by Crippen LogP contribution is 2.35. The molecule has 2 rings (SSSR count). The van der Waals surface area contributed by atoms with Gasteiger partial charge in [0, 0.05) is 22.7 Å². The summed E-state index contributed by atoms with van der Waals surface area (Å²) in [6.07, 6.45) is 4.75. The lowest BCUT2D eigenvalue weighted by molar-refractivity contribution is 0.175. The zero-order chi connectivity index (χ0) is 11.6. The number of halogens is 2. The highest BCUT2D eigenvalue weighted by Gasteiger charge is 2.34. The number of hydrogen-bond acceptors (Lipinski definition) is 1. The Morgan fingerprint density at radius 1 is 1.44 bits per heavy atom. The van der Waals surface area contributed by atoms with E-state index in [1.54, 1.807) is 12.1 Å². The van der Waals surface area contributed by atoms with Gasteiger partial charge in [0.2, 0.25) is 0 Å². The van der Waals surface area contributed by atoms with Crippen LogP contribution in [0.1, 0.15) is 38.2 Å². The van der Waals surface area contributed by atoms with Crippen molar-refractivity contribution in [1.29, 1.82) is 0 Å². The van der Waals surface area contributed by atoms with Gasteiger partial charge in [-0.15, -0.1) is 0 Å². The van der Waals surface area contributed by atoms with Gasteiger partial charge in [-0.2, -0.15) is 0 Å².